The highest BCUT2D eigenvalue weighted by Crippen LogP contribution is 2.38. The van der Waals surface area contributed by atoms with Gasteiger partial charge in [-0.2, -0.15) is 4.31 Å². The minimum absolute atomic E-state index is 0.134. The quantitative estimate of drug-likeness (QED) is 0.253. The van der Waals surface area contributed by atoms with Gasteiger partial charge >= 0.3 is 5.97 Å². The van der Waals surface area contributed by atoms with Crippen LogP contribution in [0.4, 0.5) is 0 Å². The smallest absolute Gasteiger partial charge is 0.325 e. The second kappa shape index (κ2) is 12.3. The van der Waals surface area contributed by atoms with Crippen molar-refractivity contribution in [3.63, 3.8) is 0 Å². The van der Waals surface area contributed by atoms with Crippen LogP contribution in [0.15, 0.2) is 65.8 Å². The molecular formula is C29H30Cl2N2O6S. The Morgan fingerprint density at radius 3 is 2.45 bits per heavy atom. The lowest BCUT2D eigenvalue weighted by Crippen LogP contribution is -2.41. The van der Waals surface area contributed by atoms with Crippen LogP contribution in [0.25, 0.3) is 0 Å². The van der Waals surface area contributed by atoms with Gasteiger partial charge in [0, 0.05) is 25.4 Å². The molecule has 212 valence electrons. The number of hydrogen-bond acceptors (Lipinski definition) is 7. The van der Waals surface area contributed by atoms with Gasteiger partial charge in [-0.15, -0.1) is 0 Å². The van der Waals surface area contributed by atoms with Crippen molar-refractivity contribution in [2.24, 2.45) is 5.92 Å². The van der Waals surface area contributed by atoms with Gasteiger partial charge in [-0.3, -0.25) is 9.78 Å². The lowest BCUT2D eigenvalue weighted by Gasteiger charge is -2.26. The average Bonchev–Trinajstić information content (AvgIpc) is 3.65. The maximum Gasteiger partial charge on any atom is 0.325 e. The van der Waals surface area contributed by atoms with E-state index < -0.39 is 28.1 Å². The van der Waals surface area contributed by atoms with Crippen LogP contribution in [0.3, 0.4) is 0 Å². The Bertz CT molecular complexity index is 1450. The van der Waals surface area contributed by atoms with E-state index in [1.165, 1.54) is 28.8 Å². The van der Waals surface area contributed by atoms with Gasteiger partial charge in [-0.25, -0.2) is 8.42 Å². The normalized spacial score (nSPS) is 18.3. The first kappa shape index (κ1) is 28.7. The van der Waals surface area contributed by atoms with Crippen LogP contribution in [-0.2, 0) is 26.0 Å². The highest BCUT2D eigenvalue weighted by atomic mass is 35.5. The standard InChI is InChI=1S/C29H30Cl2N2O6S/c1-37-26-12-11-20(14-28(26)38-18-19-9-10-19)27(15-22-23(30)16-32-17-24(22)31)39-29(34)25-8-5-13-33(25)40(35,36)21-6-3-2-4-7-21/h2-4,6-7,11-12,14,16-17,19,25,27H,5,8-10,13,15,18H2,1H3/t25-,27-/m0/s1. The highest BCUT2D eigenvalue weighted by Gasteiger charge is 2.41. The van der Waals surface area contributed by atoms with E-state index in [2.05, 4.69) is 4.98 Å². The molecule has 0 radical (unpaired) electrons. The number of carbonyl (C=O) groups excluding carboxylic acids is 1. The molecule has 2 aliphatic rings. The van der Waals surface area contributed by atoms with Gasteiger partial charge in [0.2, 0.25) is 10.0 Å². The third-order valence-corrected chi connectivity index (χ3v) is 9.73. The molecule has 2 atom stereocenters. The first-order chi connectivity index (χ1) is 19.3. The Morgan fingerprint density at radius 2 is 1.77 bits per heavy atom. The number of ether oxygens (including phenoxy) is 3. The first-order valence-electron chi connectivity index (χ1n) is 13.1. The van der Waals surface area contributed by atoms with Gasteiger partial charge in [0.1, 0.15) is 12.1 Å². The van der Waals surface area contributed by atoms with E-state index in [-0.39, 0.29) is 17.9 Å². The summed E-state index contributed by atoms with van der Waals surface area (Å²) in [5.41, 5.74) is 1.20. The summed E-state index contributed by atoms with van der Waals surface area (Å²) in [6.07, 6.45) is 5.43. The van der Waals surface area contributed by atoms with Crippen LogP contribution in [0.1, 0.15) is 42.9 Å². The summed E-state index contributed by atoms with van der Waals surface area (Å²) < 4.78 is 45.6. The Kier molecular flexibility index (Phi) is 8.85. The zero-order valence-corrected chi connectivity index (χ0v) is 24.3. The van der Waals surface area contributed by atoms with Gasteiger partial charge in [0.15, 0.2) is 11.5 Å². The lowest BCUT2D eigenvalue weighted by atomic mass is 10.0. The minimum Gasteiger partial charge on any atom is -0.493 e. The van der Waals surface area contributed by atoms with Crippen LogP contribution in [0.2, 0.25) is 10.0 Å². The summed E-state index contributed by atoms with van der Waals surface area (Å²) in [4.78, 5) is 17.8. The molecule has 11 heteroatoms. The molecule has 5 rings (SSSR count). The van der Waals surface area contributed by atoms with E-state index >= 15 is 0 Å². The van der Waals surface area contributed by atoms with Gasteiger partial charge in [0.05, 0.1) is 28.7 Å². The van der Waals surface area contributed by atoms with Crippen molar-refractivity contribution in [1.29, 1.82) is 0 Å². The van der Waals surface area contributed by atoms with Crippen molar-refractivity contribution >= 4 is 39.2 Å². The number of halogens is 2. The summed E-state index contributed by atoms with van der Waals surface area (Å²) in [6, 6.07) is 12.5. The summed E-state index contributed by atoms with van der Waals surface area (Å²) >= 11 is 12.9. The largest absolute Gasteiger partial charge is 0.493 e. The molecular weight excluding hydrogens is 575 g/mol. The van der Waals surface area contributed by atoms with Crippen molar-refractivity contribution in [2.75, 3.05) is 20.3 Å². The second-order valence-corrected chi connectivity index (χ2v) is 12.7. The molecule has 0 amide bonds. The molecule has 8 nitrogen and oxygen atoms in total. The lowest BCUT2D eigenvalue weighted by molar-refractivity contribution is -0.153. The molecule has 2 aromatic carbocycles. The van der Waals surface area contributed by atoms with Crippen molar-refractivity contribution in [1.82, 2.24) is 9.29 Å². The SMILES string of the molecule is COc1ccc([C@H](Cc2c(Cl)cncc2Cl)OC(=O)[C@@H]2CCCN2S(=O)(=O)c2ccccc2)cc1OCC1CC1. The summed E-state index contributed by atoms with van der Waals surface area (Å²) in [5, 5.41) is 0.669. The maximum atomic E-state index is 13.6. The Balaban J connectivity index is 1.45. The van der Waals surface area contributed by atoms with Crippen LogP contribution < -0.4 is 9.47 Å². The van der Waals surface area contributed by atoms with E-state index in [9.17, 15) is 13.2 Å². The number of carbonyl (C=O) groups is 1. The molecule has 0 bridgehead atoms. The summed E-state index contributed by atoms with van der Waals surface area (Å²) in [5.74, 6) is 0.982. The fourth-order valence-electron chi connectivity index (χ4n) is 4.75. The van der Waals surface area contributed by atoms with E-state index in [0.29, 0.717) is 58.0 Å². The molecule has 0 spiro atoms. The van der Waals surface area contributed by atoms with Gasteiger partial charge in [-0.05, 0) is 67.0 Å². The van der Waals surface area contributed by atoms with E-state index in [1.54, 1.807) is 43.5 Å². The van der Waals surface area contributed by atoms with E-state index in [4.69, 9.17) is 37.4 Å². The number of benzene rings is 2. The Hall–Kier alpha value is -2.85. The maximum absolute atomic E-state index is 13.6. The Labute approximate surface area is 244 Å². The van der Waals surface area contributed by atoms with Crippen molar-refractivity contribution in [3.05, 3.63) is 82.1 Å². The number of sulfonamides is 1. The third-order valence-electron chi connectivity index (χ3n) is 7.16. The van der Waals surface area contributed by atoms with Crippen molar-refractivity contribution in [2.45, 2.75) is 49.1 Å². The molecule has 40 heavy (non-hydrogen) atoms. The van der Waals surface area contributed by atoms with Crippen LogP contribution in [0.5, 0.6) is 11.5 Å². The number of hydrogen-bond donors (Lipinski definition) is 0. The molecule has 0 N–H and O–H groups in total. The first-order valence-corrected chi connectivity index (χ1v) is 15.3. The average molecular weight is 606 g/mol. The summed E-state index contributed by atoms with van der Waals surface area (Å²) in [6.45, 7) is 0.798. The molecule has 1 aliphatic carbocycles. The number of esters is 1. The van der Waals surface area contributed by atoms with Gasteiger partial charge in [0.25, 0.3) is 0 Å². The number of pyridine rings is 1. The minimum atomic E-state index is -3.89. The fraction of sp³-hybridized carbons (Fsp3) is 0.379. The summed E-state index contributed by atoms with van der Waals surface area (Å²) in [7, 11) is -2.32. The molecule has 1 aliphatic heterocycles. The fourth-order valence-corrected chi connectivity index (χ4v) is 6.94. The van der Waals surface area contributed by atoms with Crippen LogP contribution in [-0.4, -0.2) is 50.0 Å². The number of aromatic nitrogens is 1. The van der Waals surface area contributed by atoms with Crippen molar-refractivity contribution in [3.8, 4) is 11.5 Å². The van der Waals surface area contributed by atoms with Crippen molar-refractivity contribution < 1.29 is 27.4 Å². The topological polar surface area (TPSA) is 95.0 Å². The highest BCUT2D eigenvalue weighted by molar-refractivity contribution is 7.89. The van der Waals surface area contributed by atoms with E-state index in [1.807, 2.05) is 0 Å². The zero-order chi connectivity index (χ0) is 28.3. The molecule has 1 saturated heterocycles. The molecule has 1 saturated carbocycles. The second-order valence-electron chi connectivity index (χ2n) is 9.96. The number of nitrogens with zero attached hydrogens (tertiary/aromatic N) is 2. The number of methoxy groups -OCH3 is 1. The predicted octanol–water partition coefficient (Wildman–Crippen LogP) is 5.87. The zero-order valence-electron chi connectivity index (χ0n) is 22.0. The van der Waals surface area contributed by atoms with Gasteiger partial charge < -0.3 is 14.2 Å². The van der Waals surface area contributed by atoms with E-state index in [0.717, 1.165) is 12.8 Å². The molecule has 2 heterocycles. The Morgan fingerprint density at radius 1 is 1.05 bits per heavy atom. The number of rotatable bonds is 11. The van der Waals surface area contributed by atoms with Gasteiger partial charge in [-0.1, -0.05) is 47.5 Å². The third kappa shape index (κ3) is 6.38. The molecule has 0 unspecified atom stereocenters. The molecule has 1 aromatic heterocycles. The molecule has 3 aromatic rings. The molecule has 2 fully saturated rings. The van der Waals surface area contributed by atoms with Crippen LogP contribution >= 0.6 is 23.2 Å². The van der Waals surface area contributed by atoms with Crippen LogP contribution in [0, 0.1) is 5.92 Å². The predicted molar refractivity (Wildman–Crippen MR) is 151 cm³/mol. The monoisotopic (exact) mass is 604 g/mol.